The standard InChI is InChI=1S/C19H19NO3/c1-14-10-11-16(23-14)12-20(2)19(21)13-22-18-9-5-7-15-6-3-4-8-17(15)18/h3-11H,12-13H2,1-2H3. The molecule has 0 bridgehead atoms. The van der Waals surface area contributed by atoms with Gasteiger partial charge in [-0.15, -0.1) is 0 Å². The fourth-order valence-corrected chi connectivity index (χ4v) is 2.46. The number of carbonyl (C=O) groups is 1. The van der Waals surface area contributed by atoms with Gasteiger partial charge in [0.25, 0.3) is 5.91 Å². The Bertz CT molecular complexity index is 817. The Morgan fingerprint density at radius 1 is 1.09 bits per heavy atom. The predicted molar refractivity (Wildman–Crippen MR) is 89.4 cm³/mol. The molecular weight excluding hydrogens is 290 g/mol. The van der Waals surface area contributed by atoms with Gasteiger partial charge in [-0.2, -0.15) is 0 Å². The first kappa shape index (κ1) is 15.2. The number of rotatable bonds is 5. The molecule has 0 radical (unpaired) electrons. The number of amides is 1. The number of carbonyl (C=O) groups excluding carboxylic acids is 1. The molecule has 0 unspecified atom stereocenters. The third-order valence-electron chi connectivity index (χ3n) is 3.72. The minimum absolute atomic E-state index is 0.00417. The summed E-state index contributed by atoms with van der Waals surface area (Å²) >= 11 is 0. The average molecular weight is 309 g/mol. The molecule has 2 aromatic carbocycles. The second kappa shape index (κ2) is 6.57. The lowest BCUT2D eigenvalue weighted by atomic mass is 10.1. The van der Waals surface area contributed by atoms with Crippen molar-refractivity contribution in [3.05, 3.63) is 66.1 Å². The van der Waals surface area contributed by atoms with Gasteiger partial charge in [0.2, 0.25) is 0 Å². The summed E-state index contributed by atoms with van der Waals surface area (Å²) < 4.78 is 11.2. The van der Waals surface area contributed by atoms with Gasteiger partial charge in [0.15, 0.2) is 6.61 Å². The number of nitrogens with zero attached hydrogens (tertiary/aromatic N) is 1. The van der Waals surface area contributed by atoms with E-state index in [1.165, 1.54) is 0 Å². The van der Waals surface area contributed by atoms with E-state index in [1.807, 2.05) is 61.5 Å². The Hall–Kier alpha value is -2.75. The first-order valence-corrected chi connectivity index (χ1v) is 7.53. The van der Waals surface area contributed by atoms with E-state index >= 15 is 0 Å². The first-order chi connectivity index (χ1) is 11.1. The van der Waals surface area contributed by atoms with Crippen LogP contribution in [0.5, 0.6) is 5.75 Å². The molecule has 0 fully saturated rings. The quantitative estimate of drug-likeness (QED) is 0.720. The van der Waals surface area contributed by atoms with Gasteiger partial charge in [0, 0.05) is 12.4 Å². The normalized spacial score (nSPS) is 10.7. The van der Waals surface area contributed by atoms with E-state index in [9.17, 15) is 4.79 Å². The summed E-state index contributed by atoms with van der Waals surface area (Å²) in [7, 11) is 1.74. The van der Waals surface area contributed by atoms with Gasteiger partial charge in [-0.1, -0.05) is 36.4 Å². The molecule has 1 heterocycles. The highest BCUT2D eigenvalue weighted by Gasteiger charge is 2.12. The zero-order chi connectivity index (χ0) is 16.2. The molecule has 0 aliphatic rings. The summed E-state index contributed by atoms with van der Waals surface area (Å²) in [6, 6.07) is 17.6. The maximum Gasteiger partial charge on any atom is 0.260 e. The summed E-state index contributed by atoms with van der Waals surface area (Å²) in [6.45, 7) is 2.32. The molecule has 0 atom stereocenters. The molecule has 3 aromatic rings. The van der Waals surface area contributed by atoms with Gasteiger partial charge < -0.3 is 14.1 Å². The number of hydrogen-bond donors (Lipinski definition) is 0. The van der Waals surface area contributed by atoms with Crippen molar-refractivity contribution < 1.29 is 13.9 Å². The first-order valence-electron chi connectivity index (χ1n) is 7.53. The van der Waals surface area contributed by atoms with Crippen LogP contribution in [0.4, 0.5) is 0 Å². The Morgan fingerprint density at radius 2 is 1.87 bits per heavy atom. The second-order valence-corrected chi connectivity index (χ2v) is 5.53. The van der Waals surface area contributed by atoms with Crippen molar-refractivity contribution in [2.24, 2.45) is 0 Å². The molecule has 118 valence electrons. The smallest absolute Gasteiger partial charge is 0.260 e. The molecule has 0 aliphatic carbocycles. The number of aryl methyl sites for hydroxylation is 1. The molecule has 0 saturated heterocycles. The van der Waals surface area contributed by atoms with Gasteiger partial charge in [0.05, 0.1) is 6.54 Å². The Morgan fingerprint density at radius 3 is 2.65 bits per heavy atom. The number of likely N-dealkylation sites (N-methyl/N-ethyl adjacent to an activating group) is 1. The number of benzene rings is 2. The lowest BCUT2D eigenvalue weighted by Gasteiger charge is -2.16. The molecule has 0 spiro atoms. The van der Waals surface area contributed by atoms with Crippen molar-refractivity contribution in [2.45, 2.75) is 13.5 Å². The van der Waals surface area contributed by atoms with Crippen molar-refractivity contribution in [1.29, 1.82) is 0 Å². The van der Waals surface area contributed by atoms with Crippen LogP contribution in [0, 0.1) is 6.92 Å². The Kier molecular flexibility index (Phi) is 4.33. The van der Waals surface area contributed by atoms with Crippen LogP contribution in [0.2, 0.25) is 0 Å². The molecule has 1 aromatic heterocycles. The minimum atomic E-state index is -0.0908. The van der Waals surface area contributed by atoms with Crippen molar-refractivity contribution in [2.75, 3.05) is 13.7 Å². The molecule has 0 aliphatic heterocycles. The van der Waals surface area contributed by atoms with E-state index in [4.69, 9.17) is 9.15 Å². The van der Waals surface area contributed by atoms with E-state index in [2.05, 4.69) is 0 Å². The fourth-order valence-electron chi connectivity index (χ4n) is 2.46. The summed E-state index contributed by atoms with van der Waals surface area (Å²) in [4.78, 5) is 13.8. The highest BCUT2D eigenvalue weighted by Crippen LogP contribution is 2.25. The topological polar surface area (TPSA) is 42.7 Å². The van der Waals surface area contributed by atoms with Crippen LogP contribution >= 0.6 is 0 Å². The highest BCUT2D eigenvalue weighted by atomic mass is 16.5. The summed E-state index contributed by atoms with van der Waals surface area (Å²) in [5, 5.41) is 2.10. The maximum atomic E-state index is 12.2. The number of hydrogen-bond acceptors (Lipinski definition) is 3. The van der Waals surface area contributed by atoms with Crippen LogP contribution in [0.15, 0.2) is 59.0 Å². The second-order valence-electron chi connectivity index (χ2n) is 5.53. The lowest BCUT2D eigenvalue weighted by Crippen LogP contribution is -2.30. The highest BCUT2D eigenvalue weighted by molar-refractivity contribution is 5.88. The monoisotopic (exact) mass is 309 g/mol. The third-order valence-corrected chi connectivity index (χ3v) is 3.72. The van der Waals surface area contributed by atoms with Crippen LogP contribution in [0.25, 0.3) is 10.8 Å². The maximum absolute atomic E-state index is 12.2. The third kappa shape index (κ3) is 3.54. The average Bonchev–Trinajstić information content (AvgIpc) is 2.97. The van der Waals surface area contributed by atoms with Crippen molar-refractivity contribution in [3.8, 4) is 5.75 Å². The van der Waals surface area contributed by atoms with Crippen LogP contribution in [-0.2, 0) is 11.3 Å². The largest absolute Gasteiger partial charge is 0.483 e. The Balaban J connectivity index is 1.63. The fraction of sp³-hybridized carbons (Fsp3) is 0.211. The number of ether oxygens (including phenoxy) is 1. The van der Waals surface area contributed by atoms with Crippen LogP contribution in [-0.4, -0.2) is 24.5 Å². The molecular formula is C19H19NO3. The van der Waals surface area contributed by atoms with Gasteiger partial charge >= 0.3 is 0 Å². The SMILES string of the molecule is Cc1ccc(CN(C)C(=O)COc2cccc3ccccc23)o1. The summed E-state index contributed by atoms with van der Waals surface area (Å²) in [5.74, 6) is 2.24. The molecule has 0 saturated carbocycles. The predicted octanol–water partition coefficient (Wildman–Crippen LogP) is 3.78. The minimum Gasteiger partial charge on any atom is -0.483 e. The van der Waals surface area contributed by atoms with Gasteiger partial charge in [-0.05, 0) is 30.5 Å². The zero-order valence-corrected chi connectivity index (χ0v) is 13.3. The van der Waals surface area contributed by atoms with Crippen molar-refractivity contribution in [3.63, 3.8) is 0 Å². The Labute approximate surface area is 135 Å². The number of furan rings is 1. The molecule has 4 heteroatoms. The molecule has 4 nitrogen and oxygen atoms in total. The van der Waals surface area contributed by atoms with Crippen LogP contribution in [0.1, 0.15) is 11.5 Å². The van der Waals surface area contributed by atoms with E-state index in [-0.39, 0.29) is 12.5 Å². The zero-order valence-electron chi connectivity index (χ0n) is 13.3. The lowest BCUT2D eigenvalue weighted by molar-refractivity contribution is -0.132. The van der Waals surface area contributed by atoms with E-state index < -0.39 is 0 Å². The summed E-state index contributed by atoms with van der Waals surface area (Å²) in [5.41, 5.74) is 0. The van der Waals surface area contributed by atoms with Gasteiger partial charge in [-0.25, -0.2) is 0 Å². The van der Waals surface area contributed by atoms with Crippen LogP contribution in [0.3, 0.4) is 0 Å². The molecule has 3 rings (SSSR count). The van der Waals surface area contributed by atoms with Gasteiger partial charge in [-0.3, -0.25) is 4.79 Å². The van der Waals surface area contributed by atoms with Crippen molar-refractivity contribution in [1.82, 2.24) is 4.90 Å². The summed E-state index contributed by atoms with van der Waals surface area (Å²) in [6.07, 6.45) is 0. The van der Waals surface area contributed by atoms with E-state index in [1.54, 1.807) is 11.9 Å². The van der Waals surface area contributed by atoms with Crippen molar-refractivity contribution >= 4 is 16.7 Å². The van der Waals surface area contributed by atoms with Gasteiger partial charge in [0.1, 0.15) is 17.3 Å². The molecule has 0 N–H and O–H groups in total. The number of fused-ring (bicyclic) bond motifs is 1. The van der Waals surface area contributed by atoms with E-state index in [0.717, 1.165) is 28.0 Å². The molecule has 23 heavy (non-hydrogen) atoms. The van der Waals surface area contributed by atoms with E-state index in [0.29, 0.717) is 6.54 Å². The molecule has 1 amide bonds. The van der Waals surface area contributed by atoms with Crippen LogP contribution < -0.4 is 4.74 Å².